The van der Waals surface area contributed by atoms with Crippen LogP contribution in [0.2, 0.25) is 10.3 Å². The number of non-ortho nitro benzene ring substituents is 1. The Morgan fingerprint density at radius 3 is 1.67 bits per heavy atom. The number of nitro benzene ring substituents is 3. The van der Waals surface area contributed by atoms with E-state index < -0.39 is 37.5 Å². The van der Waals surface area contributed by atoms with E-state index in [2.05, 4.69) is 15.3 Å². The smallest absolute Gasteiger partial charge is 0.306 e. The van der Waals surface area contributed by atoms with Crippen molar-refractivity contribution in [2.45, 2.75) is 0 Å². The predicted octanol–water partition coefficient (Wildman–Crippen LogP) is 3.25. The fraction of sp³-hybridized carbons (Fsp3) is 0. The molecule has 0 saturated heterocycles. The summed E-state index contributed by atoms with van der Waals surface area (Å²) in [5.74, 6) is 0. The van der Waals surface area contributed by atoms with E-state index in [1.807, 2.05) is 0 Å². The van der Waals surface area contributed by atoms with Crippen molar-refractivity contribution in [2.24, 2.45) is 0 Å². The van der Waals surface area contributed by atoms with Gasteiger partial charge >= 0.3 is 11.4 Å². The fourth-order valence-electron chi connectivity index (χ4n) is 1.69. The van der Waals surface area contributed by atoms with Crippen LogP contribution in [0.25, 0.3) is 0 Å². The van der Waals surface area contributed by atoms with Gasteiger partial charge in [-0.1, -0.05) is 23.2 Å². The first-order chi connectivity index (χ1) is 11.2. The SMILES string of the molecule is O=[N+]([O-])c1cc([N+](=O)[O-])c(Nc2c(Cl)ncnc2Cl)c([N+](=O)[O-])c1. The Morgan fingerprint density at radius 2 is 1.29 bits per heavy atom. The van der Waals surface area contributed by atoms with Crippen LogP contribution in [0.4, 0.5) is 28.4 Å². The Morgan fingerprint density at radius 1 is 0.833 bits per heavy atom. The molecule has 14 heteroatoms. The lowest BCUT2D eigenvalue weighted by Gasteiger charge is -2.09. The summed E-state index contributed by atoms with van der Waals surface area (Å²) in [7, 11) is 0. The predicted molar refractivity (Wildman–Crippen MR) is 81.7 cm³/mol. The Hall–Kier alpha value is -3.12. The van der Waals surface area contributed by atoms with Crippen molar-refractivity contribution < 1.29 is 14.8 Å². The first-order valence-corrected chi connectivity index (χ1v) is 6.52. The fourth-order valence-corrected chi connectivity index (χ4v) is 2.10. The van der Waals surface area contributed by atoms with Crippen LogP contribution in [0.15, 0.2) is 18.5 Å². The van der Waals surface area contributed by atoms with Crippen LogP contribution in [-0.4, -0.2) is 24.7 Å². The molecule has 2 aromatic rings. The number of benzene rings is 1. The summed E-state index contributed by atoms with van der Waals surface area (Å²) >= 11 is 11.6. The lowest BCUT2D eigenvalue weighted by molar-refractivity contribution is -0.401. The highest BCUT2D eigenvalue weighted by Crippen LogP contribution is 2.41. The van der Waals surface area contributed by atoms with Gasteiger partial charge in [0.05, 0.1) is 26.9 Å². The van der Waals surface area contributed by atoms with Gasteiger partial charge in [0.1, 0.15) is 12.0 Å². The zero-order valence-electron chi connectivity index (χ0n) is 11.2. The Bertz CT molecular complexity index is 820. The van der Waals surface area contributed by atoms with Crippen LogP contribution in [0, 0.1) is 30.3 Å². The van der Waals surface area contributed by atoms with E-state index in [-0.39, 0.29) is 16.0 Å². The van der Waals surface area contributed by atoms with Crippen molar-refractivity contribution in [1.29, 1.82) is 0 Å². The number of nitrogens with one attached hydrogen (secondary N) is 1. The van der Waals surface area contributed by atoms with Crippen molar-refractivity contribution in [2.75, 3.05) is 5.32 Å². The first-order valence-electron chi connectivity index (χ1n) is 5.76. The molecule has 0 spiro atoms. The third kappa shape index (κ3) is 3.28. The van der Waals surface area contributed by atoms with Gasteiger partial charge in [0.25, 0.3) is 5.69 Å². The molecule has 1 heterocycles. The van der Waals surface area contributed by atoms with E-state index in [0.29, 0.717) is 12.1 Å². The van der Waals surface area contributed by atoms with Crippen LogP contribution in [0.1, 0.15) is 0 Å². The van der Waals surface area contributed by atoms with Crippen molar-refractivity contribution in [3.8, 4) is 0 Å². The van der Waals surface area contributed by atoms with E-state index in [1.54, 1.807) is 0 Å². The van der Waals surface area contributed by atoms with Crippen molar-refractivity contribution in [3.63, 3.8) is 0 Å². The van der Waals surface area contributed by atoms with Crippen molar-refractivity contribution in [3.05, 3.63) is 59.1 Å². The van der Waals surface area contributed by atoms with Gasteiger partial charge in [-0.3, -0.25) is 30.3 Å². The molecule has 0 unspecified atom stereocenters. The number of nitro groups is 3. The Balaban J connectivity index is 2.74. The normalized spacial score (nSPS) is 10.2. The molecule has 0 aliphatic heterocycles. The van der Waals surface area contributed by atoms with Crippen molar-refractivity contribution in [1.82, 2.24) is 9.97 Å². The molecule has 0 saturated carbocycles. The van der Waals surface area contributed by atoms with Crippen molar-refractivity contribution >= 4 is 51.6 Å². The van der Waals surface area contributed by atoms with Crippen LogP contribution in [-0.2, 0) is 0 Å². The third-order valence-corrected chi connectivity index (χ3v) is 3.26. The number of anilines is 2. The molecule has 0 aliphatic carbocycles. The average molecular weight is 375 g/mol. The van der Waals surface area contributed by atoms with Gasteiger partial charge < -0.3 is 5.32 Å². The molecule has 0 atom stereocenters. The Kier molecular flexibility index (Phi) is 4.71. The van der Waals surface area contributed by atoms with Gasteiger partial charge in [0, 0.05) is 0 Å². The lowest BCUT2D eigenvalue weighted by Crippen LogP contribution is -2.05. The molecular weight excluding hydrogens is 371 g/mol. The van der Waals surface area contributed by atoms with Gasteiger partial charge in [0.2, 0.25) is 0 Å². The second-order valence-corrected chi connectivity index (χ2v) is 4.80. The Labute approximate surface area is 141 Å². The molecule has 0 amide bonds. The number of aromatic nitrogens is 2. The van der Waals surface area contributed by atoms with E-state index >= 15 is 0 Å². The molecule has 0 radical (unpaired) electrons. The first kappa shape index (κ1) is 17.2. The summed E-state index contributed by atoms with van der Waals surface area (Å²) in [5, 5.41) is 34.9. The minimum atomic E-state index is -1.02. The number of rotatable bonds is 5. The molecule has 0 bridgehead atoms. The van der Waals surface area contributed by atoms with Gasteiger partial charge in [-0.25, -0.2) is 9.97 Å². The average Bonchev–Trinajstić information content (AvgIpc) is 2.50. The van der Waals surface area contributed by atoms with Crippen LogP contribution in [0.3, 0.4) is 0 Å². The number of hydrogen-bond donors (Lipinski definition) is 1. The maximum atomic E-state index is 11.2. The number of halogens is 2. The zero-order chi connectivity index (χ0) is 18.0. The molecule has 0 aliphatic rings. The van der Waals surface area contributed by atoms with Crippen LogP contribution >= 0.6 is 23.2 Å². The summed E-state index contributed by atoms with van der Waals surface area (Å²) in [4.78, 5) is 37.3. The van der Waals surface area contributed by atoms with Gasteiger partial charge in [0.15, 0.2) is 16.0 Å². The molecule has 124 valence electrons. The molecule has 0 fully saturated rings. The zero-order valence-corrected chi connectivity index (χ0v) is 12.7. The second-order valence-electron chi connectivity index (χ2n) is 4.09. The molecular formula is C10H4Cl2N6O6. The monoisotopic (exact) mass is 374 g/mol. The van der Waals surface area contributed by atoms with Gasteiger partial charge in [-0.05, 0) is 0 Å². The largest absolute Gasteiger partial charge is 0.339 e. The molecule has 12 nitrogen and oxygen atoms in total. The molecule has 1 aromatic carbocycles. The molecule has 1 N–H and O–H groups in total. The van der Waals surface area contributed by atoms with E-state index in [1.165, 1.54) is 0 Å². The maximum Gasteiger partial charge on any atom is 0.306 e. The molecule has 2 rings (SSSR count). The maximum absolute atomic E-state index is 11.2. The number of hydrogen-bond acceptors (Lipinski definition) is 9. The highest BCUT2D eigenvalue weighted by Gasteiger charge is 2.31. The molecule has 24 heavy (non-hydrogen) atoms. The highest BCUT2D eigenvalue weighted by atomic mass is 35.5. The minimum absolute atomic E-state index is 0.221. The number of nitrogens with zero attached hydrogens (tertiary/aromatic N) is 5. The van der Waals surface area contributed by atoms with E-state index in [0.717, 1.165) is 6.33 Å². The quantitative estimate of drug-likeness (QED) is 0.468. The van der Waals surface area contributed by atoms with Crippen LogP contribution in [0.5, 0.6) is 0 Å². The van der Waals surface area contributed by atoms with Gasteiger partial charge in [-0.2, -0.15) is 0 Å². The summed E-state index contributed by atoms with van der Waals surface area (Å²) in [6.45, 7) is 0. The summed E-state index contributed by atoms with van der Waals surface area (Å²) in [6.07, 6.45) is 1.01. The molecule has 1 aromatic heterocycles. The lowest BCUT2D eigenvalue weighted by atomic mass is 10.2. The van der Waals surface area contributed by atoms with Gasteiger partial charge in [-0.15, -0.1) is 0 Å². The third-order valence-electron chi connectivity index (χ3n) is 2.69. The van der Waals surface area contributed by atoms with Crippen LogP contribution < -0.4 is 5.32 Å². The second kappa shape index (κ2) is 6.55. The topological polar surface area (TPSA) is 167 Å². The standard InChI is InChI=1S/C10H4Cl2N6O6/c11-9-8(10(12)14-3-13-9)15-7-5(17(21)22)1-4(16(19)20)2-6(7)18(23)24/h1-3,15H. The van der Waals surface area contributed by atoms with E-state index in [9.17, 15) is 30.3 Å². The summed E-state index contributed by atoms with van der Waals surface area (Å²) in [5.41, 5.74) is -3.51. The summed E-state index contributed by atoms with van der Waals surface area (Å²) in [6, 6.07) is 1.14. The highest BCUT2D eigenvalue weighted by molar-refractivity contribution is 6.37. The minimum Gasteiger partial charge on any atom is -0.339 e. The summed E-state index contributed by atoms with van der Waals surface area (Å²) < 4.78 is 0. The van der Waals surface area contributed by atoms with E-state index in [4.69, 9.17) is 23.2 Å².